The number of methoxy groups -OCH3 is 1. The number of Topliss-reactive ketones (excluding diaryl/α,β-unsaturated/α-hetero) is 1. The Bertz CT molecular complexity index is 595. The number of rotatable bonds is 7. The third kappa shape index (κ3) is 3.16. The van der Waals surface area contributed by atoms with E-state index in [1.165, 1.54) is 13.2 Å². The zero-order valence-electron chi connectivity index (χ0n) is 12.9. The van der Waals surface area contributed by atoms with Crippen LogP contribution in [0.3, 0.4) is 0 Å². The topological polar surface area (TPSA) is 47.9 Å². The van der Waals surface area contributed by atoms with Crippen LogP contribution in [0.2, 0.25) is 0 Å². The van der Waals surface area contributed by atoms with E-state index in [9.17, 15) is 13.6 Å². The Hall–Kier alpha value is -1.82. The first-order chi connectivity index (χ1) is 10.4. The molecule has 1 saturated carbocycles. The lowest BCUT2D eigenvalue weighted by molar-refractivity contribution is -0.0293. The number of carbonyl (C=O) groups is 1. The maximum atomic E-state index is 13.9. The molecule has 1 aliphatic rings. The van der Waals surface area contributed by atoms with Crippen molar-refractivity contribution in [2.24, 2.45) is 16.5 Å². The SMILES string of the molecule is COCON=C(C(C)C)C1(C(=O)c2ccc(F)cc2F)CC1. The molecule has 22 heavy (non-hydrogen) atoms. The minimum absolute atomic E-state index is 0.0224. The zero-order valence-corrected chi connectivity index (χ0v) is 12.9. The summed E-state index contributed by atoms with van der Waals surface area (Å²) in [6.45, 7) is 3.76. The van der Waals surface area contributed by atoms with Crippen molar-refractivity contribution in [2.75, 3.05) is 13.9 Å². The van der Waals surface area contributed by atoms with Gasteiger partial charge in [0.25, 0.3) is 0 Å². The van der Waals surface area contributed by atoms with Crippen molar-refractivity contribution >= 4 is 11.5 Å². The second-order valence-electron chi connectivity index (χ2n) is 5.70. The lowest BCUT2D eigenvalue weighted by Gasteiger charge is -2.20. The molecule has 1 aromatic carbocycles. The smallest absolute Gasteiger partial charge is 0.216 e. The summed E-state index contributed by atoms with van der Waals surface area (Å²) in [4.78, 5) is 17.7. The third-order valence-corrected chi connectivity index (χ3v) is 3.73. The van der Waals surface area contributed by atoms with E-state index in [1.54, 1.807) is 0 Å². The van der Waals surface area contributed by atoms with Crippen molar-refractivity contribution in [3.05, 3.63) is 35.4 Å². The number of hydrogen-bond acceptors (Lipinski definition) is 4. The highest BCUT2D eigenvalue weighted by Gasteiger charge is 2.55. The molecule has 0 atom stereocenters. The van der Waals surface area contributed by atoms with Crippen molar-refractivity contribution < 1.29 is 23.1 Å². The monoisotopic (exact) mass is 311 g/mol. The molecule has 120 valence electrons. The second-order valence-corrected chi connectivity index (χ2v) is 5.70. The van der Waals surface area contributed by atoms with E-state index in [1.807, 2.05) is 13.8 Å². The van der Waals surface area contributed by atoms with E-state index in [-0.39, 0.29) is 24.1 Å². The van der Waals surface area contributed by atoms with Crippen LogP contribution in [-0.2, 0) is 9.57 Å². The number of benzene rings is 1. The quantitative estimate of drug-likeness (QED) is 0.254. The summed E-state index contributed by atoms with van der Waals surface area (Å²) in [5, 5.41) is 4.02. The number of nitrogens with zero attached hydrogens (tertiary/aromatic N) is 1. The fourth-order valence-electron chi connectivity index (χ4n) is 2.55. The molecule has 0 saturated heterocycles. The van der Waals surface area contributed by atoms with Gasteiger partial charge in [0.05, 0.1) is 16.7 Å². The molecule has 1 aliphatic carbocycles. The Balaban J connectivity index is 2.32. The molecule has 0 unspecified atom stereocenters. The molecule has 1 aromatic rings. The number of ketones is 1. The van der Waals surface area contributed by atoms with Crippen molar-refractivity contribution in [1.29, 1.82) is 0 Å². The normalized spacial score (nSPS) is 16.7. The van der Waals surface area contributed by atoms with E-state index in [0.29, 0.717) is 18.6 Å². The van der Waals surface area contributed by atoms with Gasteiger partial charge >= 0.3 is 0 Å². The maximum absolute atomic E-state index is 13.9. The van der Waals surface area contributed by atoms with Crippen LogP contribution in [0.1, 0.15) is 37.0 Å². The van der Waals surface area contributed by atoms with Crippen LogP contribution in [0, 0.1) is 23.0 Å². The van der Waals surface area contributed by atoms with Gasteiger partial charge in [-0.05, 0) is 30.9 Å². The minimum Gasteiger partial charge on any atom is -0.367 e. The van der Waals surface area contributed by atoms with Gasteiger partial charge in [-0.2, -0.15) is 0 Å². The molecule has 0 aromatic heterocycles. The molecule has 2 rings (SSSR count). The van der Waals surface area contributed by atoms with Gasteiger partial charge in [0.15, 0.2) is 5.78 Å². The fraction of sp³-hybridized carbons (Fsp3) is 0.500. The molecule has 6 heteroatoms. The van der Waals surface area contributed by atoms with Crippen LogP contribution in [-0.4, -0.2) is 25.4 Å². The van der Waals surface area contributed by atoms with Gasteiger partial charge in [-0.3, -0.25) is 4.79 Å². The van der Waals surface area contributed by atoms with Crippen LogP contribution in [0.15, 0.2) is 23.4 Å². The molecule has 0 amide bonds. The van der Waals surface area contributed by atoms with Crippen LogP contribution >= 0.6 is 0 Å². The van der Waals surface area contributed by atoms with Gasteiger partial charge in [0, 0.05) is 13.2 Å². The molecule has 0 spiro atoms. The van der Waals surface area contributed by atoms with Gasteiger partial charge in [0.1, 0.15) is 11.6 Å². The summed E-state index contributed by atoms with van der Waals surface area (Å²) in [5.74, 6) is -1.97. The average Bonchev–Trinajstić information content (AvgIpc) is 3.24. The number of carbonyl (C=O) groups excluding carboxylic acids is 1. The van der Waals surface area contributed by atoms with Crippen LogP contribution in [0.4, 0.5) is 8.78 Å². The molecule has 4 nitrogen and oxygen atoms in total. The van der Waals surface area contributed by atoms with Gasteiger partial charge in [-0.25, -0.2) is 8.78 Å². The summed E-state index contributed by atoms with van der Waals surface area (Å²) in [6.07, 6.45) is 1.16. The summed E-state index contributed by atoms with van der Waals surface area (Å²) in [6, 6.07) is 2.98. The molecule has 1 fully saturated rings. The van der Waals surface area contributed by atoms with Crippen molar-refractivity contribution in [3.63, 3.8) is 0 Å². The molecule has 0 radical (unpaired) electrons. The maximum Gasteiger partial charge on any atom is 0.216 e. The van der Waals surface area contributed by atoms with Crippen molar-refractivity contribution in [2.45, 2.75) is 26.7 Å². The van der Waals surface area contributed by atoms with Gasteiger partial charge in [-0.1, -0.05) is 19.0 Å². The van der Waals surface area contributed by atoms with Crippen molar-refractivity contribution in [1.82, 2.24) is 0 Å². The lowest BCUT2D eigenvalue weighted by atomic mass is 9.84. The van der Waals surface area contributed by atoms with E-state index >= 15 is 0 Å². The van der Waals surface area contributed by atoms with Crippen LogP contribution in [0.5, 0.6) is 0 Å². The predicted molar refractivity (Wildman–Crippen MR) is 77.6 cm³/mol. The number of hydrogen-bond donors (Lipinski definition) is 0. The average molecular weight is 311 g/mol. The van der Waals surface area contributed by atoms with Gasteiger partial charge in [0.2, 0.25) is 6.79 Å². The number of oxime groups is 1. The molecule has 0 heterocycles. The molecule has 0 aliphatic heterocycles. The largest absolute Gasteiger partial charge is 0.367 e. The van der Waals surface area contributed by atoms with E-state index in [0.717, 1.165) is 12.1 Å². The Labute approximate surface area is 128 Å². The predicted octanol–water partition coefficient (Wildman–Crippen LogP) is 3.56. The van der Waals surface area contributed by atoms with E-state index in [4.69, 9.17) is 9.57 Å². The van der Waals surface area contributed by atoms with Crippen LogP contribution < -0.4 is 0 Å². The Morgan fingerprint density at radius 1 is 1.36 bits per heavy atom. The lowest BCUT2D eigenvalue weighted by Crippen LogP contribution is -2.31. The highest BCUT2D eigenvalue weighted by molar-refractivity contribution is 6.19. The summed E-state index contributed by atoms with van der Waals surface area (Å²) in [5.41, 5.74) is -0.391. The summed E-state index contributed by atoms with van der Waals surface area (Å²) in [7, 11) is 1.47. The highest BCUT2D eigenvalue weighted by atomic mass is 19.1. The van der Waals surface area contributed by atoms with Crippen molar-refractivity contribution in [3.8, 4) is 0 Å². The Kier molecular flexibility index (Phi) is 4.90. The fourth-order valence-corrected chi connectivity index (χ4v) is 2.55. The number of halogens is 2. The first kappa shape index (κ1) is 16.5. The van der Waals surface area contributed by atoms with Crippen LogP contribution in [0.25, 0.3) is 0 Å². The minimum atomic E-state index is -0.850. The molecular formula is C16H19F2NO3. The summed E-state index contributed by atoms with van der Waals surface area (Å²) >= 11 is 0. The Morgan fingerprint density at radius 3 is 2.55 bits per heavy atom. The highest BCUT2D eigenvalue weighted by Crippen LogP contribution is 2.51. The molecular weight excluding hydrogens is 292 g/mol. The molecule has 0 N–H and O–H groups in total. The summed E-state index contributed by atoms with van der Waals surface area (Å²) < 4.78 is 31.7. The third-order valence-electron chi connectivity index (χ3n) is 3.73. The second kappa shape index (κ2) is 6.52. The first-order valence-corrected chi connectivity index (χ1v) is 7.11. The number of ether oxygens (including phenoxy) is 1. The van der Waals surface area contributed by atoms with Gasteiger partial charge < -0.3 is 9.57 Å². The standard InChI is InChI=1S/C16H19F2NO3/c1-10(2)14(19-22-9-21-3)16(6-7-16)15(20)12-5-4-11(17)8-13(12)18/h4-5,8,10H,6-7,9H2,1-3H3. The molecule has 0 bridgehead atoms. The first-order valence-electron chi connectivity index (χ1n) is 7.11. The van der Waals surface area contributed by atoms with E-state index < -0.39 is 17.0 Å². The zero-order chi connectivity index (χ0) is 16.3. The van der Waals surface area contributed by atoms with E-state index in [2.05, 4.69) is 5.16 Å². The van der Waals surface area contributed by atoms with Gasteiger partial charge in [-0.15, -0.1) is 0 Å². The Morgan fingerprint density at radius 2 is 2.05 bits per heavy atom.